The van der Waals surface area contributed by atoms with Crippen molar-refractivity contribution in [3.63, 3.8) is 0 Å². The van der Waals surface area contributed by atoms with Crippen LogP contribution in [0.2, 0.25) is 0 Å². The normalized spacial score (nSPS) is 18.3. The second-order valence-corrected chi connectivity index (χ2v) is 6.37. The maximum atomic E-state index is 12.0. The van der Waals surface area contributed by atoms with E-state index in [-0.39, 0.29) is 0 Å². The van der Waals surface area contributed by atoms with E-state index >= 15 is 0 Å². The number of aryl methyl sites for hydroxylation is 1. The van der Waals surface area contributed by atoms with Gasteiger partial charge in [-0.1, -0.05) is 18.2 Å². The molecule has 1 aliphatic rings. The highest BCUT2D eigenvalue weighted by molar-refractivity contribution is 7.84. The fraction of sp³-hybridized carbons (Fsp3) is 0.167. The molecule has 0 saturated carbocycles. The maximum Gasteiger partial charge on any atom is 0.0581 e. The van der Waals surface area contributed by atoms with E-state index in [4.69, 9.17) is 0 Å². The molecule has 2 heterocycles. The molecular weight excluding hydrogens is 224 g/mol. The summed E-state index contributed by atoms with van der Waals surface area (Å²) in [6.07, 6.45) is 0. The van der Waals surface area contributed by atoms with Gasteiger partial charge in [-0.15, -0.1) is 11.3 Å². The van der Waals surface area contributed by atoms with Crippen molar-refractivity contribution in [2.24, 2.45) is 0 Å². The Morgan fingerprint density at radius 2 is 2.13 bits per heavy atom. The molecule has 0 amide bonds. The SMILES string of the molecule is Cc1cc2c(s1)-c1ccccc1S(=O)C2. The van der Waals surface area contributed by atoms with Crippen molar-refractivity contribution < 1.29 is 4.21 Å². The molecule has 0 fully saturated rings. The monoisotopic (exact) mass is 234 g/mol. The zero-order chi connectivity index (χ0) is 10.4. The number of fused-ring (bicyclic) bond motifs is 3. The van der Waals surface area contributed by atoms with Gasteiger partial charge in [0.1, 0.15) is 0 Å². The van der Waals surface area contributed by atoms with Crippen LogP contribution in [0.3, 0.4) is 0 Å². The minimum Gasteiger partial charge on any atom is -0.254 e. The summed E-state index contributed by atoms with van der Waals surface area (Å²) in [5.41, 5.74) is 2.41. The van der Waals surface area contributed by atoms with Gasteiger partial charge in [-0.3, -0.25) is 4.21 Å². The molecule has 0 radical (unpaired) electrons. The van der Waals surface area contributed by atoms with Crippen LogP contribution in [0.25, 0.3) is 10.4 Å². The molecule has 3 heteroatoms. The lowest BCUT2D eigenvalue weighted by atomic mass is 10.1. The average molecular weight is 234 g/mol. The molecule has 0 spiro atoms. The standard InChI is InChI=1S/C12H10OS2/c1-8-6-9-7-15(13)11-5-3-2-4-10(11)12(9)14-8/h2-6H,7H2,1H3. The Labute approximate surface area is 95.2 Å². The van der Waals surface area contributed by atoms with E-state index in [1.807, 2.05) is 18.2 Å². The van der Waals surface area contributed by atoms with Crippen molar-refractivity contribution in [1.29, 1.82) is 0 Å². The predicted molar refractivity (Wildman–Crippen MR) is 64.6 cm³/mol. The summed E-state index contributed by atoms with van der Waals surface area (Å²) in [7, 11) is -0.857. The number of thiophene rings is 1. The number of benzene rings is 1. The van der Waals surface area contributed by atoms with Crippen molar-refractivity contribution in [3.05, 3.63) is 40.8 Å². The van der Waals surface area contributed by atoms with Gasteiger partial charge in [-0.25, -0.2) is 0 Å². The van der Waals surface area contributed by atoms with Crippen LogP contribution in [0.5, 0.6) is 0 Å². The number of hydrogen-bond acceptors (Lipinski definition) is 2. The van der Waals surface area contributed by atoms with Gasteiger partial charge >= 0.3 is 0 Å². The van der Waals surface area contributed by atoms with Gasteiger partial charge in [0.2, 0.25) is 0 Å². The molecular formula is C12H10OS2. The van der Waals surface area contributed by atoms with E-state index in [0.717, 1.165) is 10.5 Å². The summed E-state index contributed by atoms with van der Waals surface area (Å²) >= 11 is 1.80. The predicted octanol–water partition coefficient (Wildman–Crippen LogP) is 3.34. The van der Waals surface area contributed by atoms with Gasteiger partial charge in [-0.05, 0) is 24.6 Å². The molecule has 0 N–H and O–H groups in total. The van der Waals surface area contributed by atoms with Crippen molar-refractivity contribution in [2.75, 3.05) is 0 Å². The maximum absolute atomic E-state index is 12.0. The van der Waals surface area contributed by atoms with E-state index in [9.17, 15) is 4.21 Å². The Balaban J connectivity index is 2.33. The minimum absolute atomic E-state index is 0.677. The lowest BCUT2D eigenvalue weighted by Gasteiger charge is -2.14. The van der Waals surface area contributed by atoms with Gasteiger partial charge in [0, 0.05) is 20.2 Å². The van der Waals surface area contributed by atoms with Crippen LogP contribution in [0.1, 0.15) is 10.4 Å². The lowest BCUT2D eigenvalue weighted by Crippen LogP contribution is -2.03. The van der Waals surface area contributed by atoms with Gasteiger partial charge < -0.3 is 0 Å². The van der Waals surface area contributed by atoms with Gasteiger partial charge in [0.25, 0.3) is 0 Å². The molecule has 3 rings (SSSR count). The molecule has 1 unspecified atom stereocenters. The highest BCUT2D eigenvalue weighted by Crippen LogP contribution is 2.40. The first-order valence-electron chi connectivity index (χ1n) is 4.83. The summed E-state index contributed by atoms with van der Waals surface area (Å²) in [4.78, 5) is 3.60. The Hall–Kier alpha value is -0.930. The third kappa shape index (κ3) is 1.38. The Morgan fingerprint density at radius 3 is 3.00 bits per heavy atom. The first kappa shape index (κ1) is 9.31. The first-order chi connectivity index (χ1) is 7.25. The molecule has 1 aromatic carbocycles. The zero-order valence-electron chi connectivity index (χ0n) is 8.32. The molecule has 15 heavy (non-hydrogen) atoms. The van der Waals surface area contributed by atoms with Crippen LogP contribution in [-0.2, 0) is 16.6 Å². The second kappa shape index (κ2) is 3.29. The molecule has 1 nitrogen and oxygen atoms in total. The van der Waals surface area contributed by atoms with E-state index in [1.165, 1.54) is 15.3 Å². The molecule has 0 aliphatic carbocycles. The molecule has 0 saturated heterocycles. The molecule has 2 aromatic rings. The van der Waals surface area contributed by atoms with E-state index in [2.05, 4.69) is 19.1 Å². The molecule has 76 valence electrons. The summed E-state index contributed by atoms with van der Waals surface area (Å²) in [5, 5.41) is 0. The Kier molecular flexibility index (Phi) is 2.04. The van der Waals surface area contributed by atoms with Crippen LogP contribution in [-0.4, -0.2) is 4.21 Å². The fourth-order valence-electron chi connectivity index (χ4n) is 1.97. The van der Waals surface area contributed by atoms with Crippen molar-refractivity contribution in [3.8, 4) is 10.4 Å². The van der Waals surface area contributed by atoms with Crippen molar-refractivity contribution in [1.82, 2.24) is 0 Å². The number of hydrogen-bond donors (Lipinski definition) is 0. The van der Waals surface area contributed by atoms with Crippen molar-refractivity contribution >= 4 is 22.1 Å². The quantitative estimate of drug-likeness (QED) is 0.683. The van der Waals surface area contributed by atoms with Gasteiger partial charge in [0.05, 0.1) is 16.6 Å². The Bertz CT molecular complexity index is 554. The minimum atomic E-state index is -0.857. The van der Waals surface area contributed by atoms with Crippen LogP contribution in [0.15, 0.2) is 35.2 Å². The summed E-state index contributed by atoms with van der Waals surface area (Å²) in [6.45, 7) is 2.11. The van der Waals surface area contributed by atoms with E-state index < -0.39 is 10.8 Å². The summed E-state index contributed by atoms with van der Waals surface area (Å²) in [5.74, 6) is 0.677. The highest BCUT2D eigenvalue weighted by Gasteiger charge is 2.22. The van der Waals surface area contributed by atoms with Crippen LogP contribution in [0.4, 0.5) is 0 Å². The summed E-state index contributed by atoms with van der Waals surface area (Å²) < 4.78 is 12.0. The number of rotatable bonds is 0. The van der Waals surface area contributed by atoms with Gasteiger partial charge in [-0.2, -0.15) is 0 Å². The van der Waals surface area contributed by atoms with Gasteiger partial charge in [0.15, 0.2) is 0 Å². The molecule has 1 aromatic heterocycles. The van der Waals surface area contributed by atoms with Crippen LogP contribution < -0.4 is 0 Å². The highest BCUT2D eigenvalue weighted by atomic mass is 32.2. The van der Waals surface area contributed by atoms with E-state index in [0.29, 0.717) is 5.75 Å². The third-order valence-electron chi connectivity index (χ3n) is 2.60. The zero-order valence-corrected chi connectivity index (χ0v) is 9.95. The van der Waals surface area contributed by atoms with Crippen molar-refractivity contribution in [2.45, 2.75) is 17.6 Å². The average Bonchev–Trinajstić information content (AvgIpc) is 2.59. The topological polar surface area (TPSA) is 17.1 Å². The second-order valence-electron chi connectivity index (χ2n) is 3.70. The largest absolute Gasteiger partial charge is 0.254 e. The smallest absolute Gasteiger partial charge is 0.0581 e. The molecule has 1 atom stereocenters. The van der Waals surface area contributed by atoms with Crippen LogP contribution >= 0.6 is 11.3 Å². The Morgan fingerprint density at radius 1 is 1.33 bits per heavy atom. The lowest BCUT2D eigenvalue weighted by molar-refractivity contribution is 0.682. The molecule has 0 bridgehead atoms. The first-order valence-corrected chi connectivity index (χ1v) is 6.96. The summed E-state index contributed by atoms with van der Waals surface area (Å²) in [6, 6.07) is 10.2. The fourth-order valence-corrected chi connectivity index (χ4v) is 4.51. The van der Waals surface area contributed by atoms with E-state index in [1.54, 1.807) is 11.3 Å². The third-order valence-corrected chi connectivity index (χ3v) is 5.14. The molecule has 1 aliphatic heterocycles. The van der Waals surface area contributed by atoms with Crippen LogP contribution in [0, 0.1) is 6.92 Å².